The third-order valence-corrected chi connectivity index (χ3v) is 5.50. The van der Waals surface area contributed by atoms with Gasteiger partial charge in [-0.1, -0.05) is 36.4 Å². The van der Waals surface area contributed by atoms with E-state index in [0.29, 0.717) is 22.8 Å². The molecule has 5 aromatic rings. The van der Waals surface area contributed by atoms with E-state index in [9.17, 15) is 13.2 Å². The Balaban J connectivity index is 1.42. The highest BCUT2D eigenvalue weighted by molar-refractivity contribution is 5.88. The van der Waals surface area contributed by atoms with Crippen molar-refractivity contribution in [3.05, 3.63) is 103 Å². The Morgan fingerprint density at radius 1 is 0.824 bits per heavy atom. The number of rotatable bonds is 5. The van der Waals surface area contributed by atoms with Crippen molar-refractivity contribution in [1.82, 2.24) is 9.55 Å². The number of ether oxygens (including phenoxy) is 1. The number of nitrogens with zero attached hydrogens (tertiary/aromatic N) is 2. The van der Waals surface area contributed by atoms with Gasteiger partial charge in [0.1, 0.15) is 17.3 Å². The molecule has 0 aliphatic rings. The number of aromatic nitrogens is 2. The number of aryl methyl sites for hydroxylation is 1. The molecule has 3 aromatic carbocycles. The van der Waals surface area contributed by atoms with Crippen LogP contribution in [-0.2, 0) is 13.2 Å². The van der Waals surface area contributed by atoms with Crippen molar-refractivity contribution in [1.29, 1.82) is 0 Å². The van der Waals surface area contributed by atoms with E-state index in [0.717, 1.165) is 28.4 Å². The van der Waals surface area contributed by atoms with Crippen molar-refractivity contribution in [2.45, 2.75) is 6.18 Å². The minimum atomic E-state index is -4.39. The summed E-state index contributed by atoms with van der Waals surface area (Å²) in [7, 11) is 1.83. The van der Waals surface area contributed by atoms with Crippen LogP contribution in [0.5, 0.6) is 11.5 Å². The fourth-order valence-corrected chi connectivity index (χ4v) is 3.84. The van der Waals surface area contributed by atoms with E-state index >= 15 is 0 Å². The van der Waals surface area contributed by atoms with Gasteiger partial charge in [-0.3, -0.25) is 0 Å². The van der Waals surface area contributed by atoms with Gasteiger partial charge in [0.2, 0.25) is 0 Å². The number of benzene rings is 3. The summed E-state index contributed by atoms with van der Waals surface area (Å²) in [6.07, 6.45) is -2.68. The molecular weight excluding hydrogens is 439 g/mol. The summed E-state index contributed by atoms with van der Waals surface area (Å²) in [6.45, 7) is 0. The second-order valence-electron chi connectivity index (χ2n) is 7.86. The molecule has 2 aromatic heterocycles. The number of hydrogen-bond acceptors (Lipinski definition) is 3. The van der Waals surface area contributed by atoms with E-state index in [4.69, 9.17) is 4.74 Å². The van der Waals surface area contributed by atoms with E-state index < -0.39 is 11.7 Å². The fourth-order valence-electron chi connectivity index (χ4n) is 3.84. The zero-order valence-corrected chi connectivity index (χ0v) is 18.2. The predicted octanol–water partition coefficient (Wildman–Crippen LogP) is 7.80. The lowest BCUT2D eigenvalue weighted by Gasteiger charge is -2.10. The molecule has 34 heavy (non-hydrogen) atoms. The van der Waals surface area contributed by atoms with E-state index in [1.165, 1.54) is 12.1 Å². The van der Waals surface area contributed by atoms with Crippen LogP contribution >= 0.6 is 0 Å². The number of nitrogens with one attached hydrogen (secondary N) is 1. The maximum Gasteiger partial charge on any atom is 0.416 e. The van der Waals surface area contributed by atoms with E-state index in [1.54, 1.807) is 12.3 Å². The first-order valence-corrected chi connectivity index (χ1v) is 10.6. The molecule has 0 saturated carbocycles. The van der Waals surface area contributed by atoms with E-state index in [2.05, 4.69) is 10.3 Å². The number of alkyl halides is 3. The summed E-state index contributed by atoms with van der Waals surface area (Å²) in [5, 5.41) is 4.11. The van der Waals surface area contributed by atoms with Crippen LogP contribution in [0.2, 0.25) is 0 Å². The summed E-state index contributed by atoms with van der Waals surface area (Å²) >= 11 is 0. The number of para-hydroxylation sites is 1. The molecule has 0 amide bonds. The second kappa shape index (κ2) is 8.59. The maximum absolute atomic E-state index is 13.2. The highest BCUT2D eigenvalue weighted by Gasteiger charge is 2.30. The Bertz CT molecular complexity index is 1460. The molecule has 0 aliphatic carbocycles. The van der Waals surface area contributed by atoms with Crippen molar-refractivity contribution in [2.75, 3.05) is 5.32 Å². The minimum Gasteiger partial charge on any atom is -0.457 e. The molecule has 5 rings (SSSR count). The van der Waals surface area contributed by atoms with Crippen LogP contribution in [0, 0.1) is 0 Å². The van der Waals surface area contributed by atoms with Crippen LogP contribution in [0.25, 0.3) is 22.2 Å². The Morgan fingerprint density at radius 2 is 1.59 bits per heavy atom. The smallest absolute Gasteiger partial charge is 0.416 e. The maximum atomic E-state index is 13.2. The molecule has 0 fully saturated rings. The van der Waals surface area contributed by atoms with Gasteiger partial charge in [0.15, 0.2) is 0 Å². The Hall–Kier alpha value is -4.26. The van der Waals surface area contributed by atoms with Gasteiger partial charge in [-0.05, 0) is 48.0 Å². The van der Waals surface area contributed by atoms with Crippen LogP contribution in [0.1, 0.15) is 5.56 Å². The average molecular weight is 459 g/mol. The fraction of sp³-hybridized carbons (Fsp3) is 0.0741. The molecule has 0 radical (unpaired) electrons. The van der Waals surface area contributed by atoms with Crippen molar-refractivity contribution >= 4 is 22.4 Å². The first kappa shape index (κ1) is 21.6. The Kier molecular flexibility index (Phi) is 5.45. The predicted molar refractivity (Wildman–Crippen MR) is 127 cm³/mol. The van der Waals surface area contributed by atoms with Crippen molar-refractivity contribution in [3.8, 4) is 22.8 Å². The summed E-state index contributed by atoms with van der Waals surface area (Å²) in [6, 6.07) is 26.1. The Morgan fingerprint density at radius 3 is 2.38 bits per heavy atom. The van der Waals surface area contributed by atoms with E-state index in [1.807, 2.05) is 78.3 Å². The lowest BCUT2D eigenvalue weighted by atomic mass is 10.1. The third kappa shape index (κ3) is 4.45. The highest BCUT2D eigenvalue weighted by atomic mass is 19.4. The van der Waals surface area contributed by atoms with Gasteiger partial charge in [0.05, 0.1) is 11.1 Å². The summed E-state index contributed by atoms with van der Waals surface area (Å²) in [4.78, 5) is 4.48. The first-order valence-electron chi connectivity index (χ1n) is 10.6. The molecule has 0 atom stereocenters. The number of hydrogen-bond donors (Lipinski definition) is 1. The molecule has 7 heteroatoms. The van der Waals surface area contributed by atoms with Crippen LogP contribution in [0.15, 0.2) is 97.2 Å². The quantitative estimate of drug-likeness (QED) is 0.291. The van der Waals surface area contributed by atoms with Gasteiger partial charge in [-0.25, -0.2) is 4.98 Å². The summed E-state index contributed by atoms with van der Waals surface area (Å²) in [5.74, 6) is 2.04. The molecule has 0 saturated heterocycles. The average Bonchev–Trinajstić information content (AvgIpc) is 3.15. The molecular formula is C27H20F3N3O. The topological polar surface area (TPSA) is 39.1 Å². The summed E-state index contributed by atoms with van der Waals surface area (Å²) < 4.78 is 47.3. The number of anilines is 2. The van der Waals surface area contributed by atoms with E-state index in [-0.39, 0.29) is 0 Å². The number of pyridine rings is 1. The van der Waals surface area contributed by atoms with Crippen LogP contribution in [-0.4, -0.2) is 9.55 Å². The Labute approximate surface area is 194 Å². The molecule has 0 aliphatic heterocycles. The van der Waals surface area contributed by atoms with Crippen LogP contribution < -0.4 is 10.1 Å². The molecule has 4 nitrogen and oxygen atoms in total. The van der Waals surface area contributed by atoms with Crippen LogP contribution in [0.4, 0.5) is 24.7 Å². The number of fused-ring (bicyclic) bond motifs is 1. The van der Waals surface area contributed by atoms with Gasteiger partial charge in [0.25, 0.3) is 0 Å². The van der Waals surface area contributed by atoms with Gasteiger partial charge < -0.3 is 14.6 Å². The standard InChI is InChI=1S/C27H20F3N3O/c1-33-24(18-7-5-8-20(13-18)27(28,29)30)14-19-17-31-26(16-25(19)33)32-21-9-6-12-23(15-21)34-22-10-3-2-4-11-22/h2-17H,1H3,(H,31,32). The van der Waals surface area contributed by atoms with Crippen molar-refractivity contribution in [2.24, 2.45) is 7.05 Å². The van der Waals surface area contributed by atoms with Gasteiger partial charge in [-0.15, -0.1) is 0 Å². The normalized spacial score (nSPS) is 11.5. The number of halogens is 3. The van der Waals surface area contributed by atoms with Gasteiger partial charge in [0, 0.05) is 42.1 Å². The zero-order valence-electron chi connectivity index (χ0n) is 18.2. The lowest BCUT2D eigenvalue weighted by molar-refractivity contribution is -0.137. The van der Waals surface area contributed by atoms with Crippen molar-refractivity contribution < 1.29 is 17.9 Å². The van der Waals surface area contributed by atoms with Gasteiger partial charge >= 0.3 is 6.18 Å². The highest BCUT2D eigenvalue weighted by Crippen LogP contribution is 2.34. The molecule has 1 N–H and O–H groups in total. The van der Waals surface area contributed by atoms with Crippen LogP contribution in [0.3, 0.4) is 0 Å². The second-order valence-corrected chi connectivity index (χ2v) is 7.86. The van der Waals surface area contributed by atoms with Gasteiger partial charge in [-0.2, -0.15) is 13.2 Å². The summed E-state index contributed by atoms with van der Waals surface area (Å²) in [5.41, 5.74) is 2.15. The monoisotopic (exact) mass is 459 g/mol. The molecule has 2 heterocycles. The largest absolute Gasteiger partial charge is 0.457 e. The molecule has 0 bridgehead atoms. The molecule has 170 valence electrons. The zero-order chi connectivity index (χ0) is 23.7. The van der Waals surface area contributed by atoms with Crippen molar-refractivity contribution in [3.63, 3.8) is 0 Å². The SMILES string of the molecule is Cn1c(-c2cccc(C(F)(F)F)c2)cc2cnc(Nc3cccc(Oc4ccccc4)c3)cc21. The first-order chi connectivity index (χ1) is 16.4. The third-order valence-electron chi connectivity index (χ3n) is 5.50. The molecule has 0 spiro atoms. The lowest BCUT2D eigenvalue weighted by Crippen LogP contribution is -2.04. The molecule has 0 unspecified atom stereocenters. The minimum absolute atomic E-state index is 0.494.